The standard InChI is InChI=1S/C20H19F3N2O3/c1-2-25(19(27)20(21,22)23)12-13-4-3-5-16(10-13)24-18(26)15-6-7-17-14(11-15)8-9-28-17/h3-7,10-11H,2,8-9,12H2,1H3,(H,24,26). The molecular weight excluding hydrogens is 373 g/mol. The van der Waals surface area contributed by atoms with Crippen molar-refractivity contribution in [2.75, 3.05) is 18.5 Å². The average Bonchev–Trinajstić information content (AvgIpc) is 3.13. The third-order valence-electron chi connectivity index (χ3n) is 4.42. The van der Waals surface area contributed by atoms with Gasteiger partial charge in [0.1, 0.15) is 5.75 Å². The maximum Gasteiger partial charge on any atom is 0.471 e. The smallest absolute Gasteiger partial charge is 0.471 e. The van der Waals surface area contributed by atoms with Gasteiger partial charge in [0.2, 0.25) is 0 Å². The molecule has 0 saturated heterocycles. The average molecular weight is 392 g/mol. The molecule has 28 heavy (non-hydrogen) atoms. The molecule has 0 saturated carbocycles. The van der Waals surface area contributed by atoms with Gasteiger partial charge in [-0.2, -0.15) is 13.2 Å². The molecule has 2 aromatic rings. The highest BCUT2D eigenvalue weighted by Gasteiger charge is 2.41. The zero-order chi connectivity index (χ0) is 20.3. The molecule has 148 valence electrons. The van der Waals surface area contributed by atoms with Crippen LogP contribution >= 0.6 is 0 Å². The highest BCUT2D eigenvalue weighted by molar-refractivity contribution is 6.04. The Kier molecular flexibility index (Phi) is 5.58. The van der Waals surface area contributed by atoms with Crippen LogP contribution < -0.4 is 10.1 Å². The Balaban J connectivity index is 1.71. The fourth-order valence-corrected chi connectivity index (χ4v) is 3.01. The molecule has 1 aliphatic heterocycles. The van der Waals surface area contributed by atoms with E-state index < -0.39 is 12.1 Å². The SMILES string of the molecule is CCN(Cc1cccc(NC(=O)c2ccc3c(c2)CCO3)c1)C(=O)C(F)(F)F. The minimum atomic E-state index is -4.92. The van der Waals surface area contributed by atoms with Crippen LogP contribution in [0.1, 0.15) is 28.4 Å². The number of hydrogen-bond acceptors (Lipinski definition) is 3. The van der Waals surface area contributed by atoms with Crippen LogP contribution in [0.15, 0.2) is 42.5 Å². The molecule has 0 spiro atoms. The van der Waals surface area contributed by atoms with E-state index in [1.54, 1.807) is 42.5 Å². The maximum absolute atomic E-state index is 12.7. The minimum absolute atomic E-state index is 0.0773. The summed E-state index contributed by atoms with van der Waals surface area (Å²) in [4.78, 5) is 24.6. The topological polar surface area (TPSA) is 58.6 Å². The number of nitrogens with zero attached hydrogens (tertiary/aromatic N) is 1. The summed E-state index contributed by atoms with van der Waals surface area (Å²) in [5.41, 5.74) is 2.36. The van der Waals surface area contributed by atoms with Gasteiger partial charge in [0.25, 0.3) is 5.91 Å². The first kappa shape index (κ1) is 19.7. The monoisotopic (exact) mass is 392 g/mol. The molecule has 2 amide bonds. The number of fused-ring (bicyclic) bond motifs is 1. The largest absolute Gasteiger partial charge is 0.493 e. The lowest BCUT2D eigenvalue weighted by Gasteiger charge is -2.22. The van der Waals surface area contributed by atoms with Crippen molar-refractivity contribution in [1.29, 1.82) is 0 Å². The molecule has 0 aliphatic carbocycles. The maximum atomic E-state index is 12.7. The first-order valence-corrected chi connectivity index (χ1v) is 8.80. The molecule has 0 fully saturated rings. The van der Waals surface area contributed by atoms with Gasteiger partial charge in [0.15, 0.2) is 0 Å². The van der Waals surface area contributed by atoms with E-state index in [1.165, 1.54) is 6.92 Å². The van der Waals surface area contributed by atoms with E-state index >= 15 is 0 Å². The van der Waals surface area contributed by atoms with Crippen LogP contribution in [0, 0.1) is 0 Å². The number of carbonyl (C=O) groups is 2. The number of carbonyl (C=O) groups excluding carboxylic acids is 2. The van der Waals surface area contributed by atoms with Crippen molar-refractivity contribution in [3.05, 3.63) is 59.2 Å². The lowest BCUT2D eigenvalue weighted by atomic mass is 10.1. The van der Waals surface area contributed by atoms with Gasteiger partial charge in [-0.3, -0.25) is 9.59 Å². The Morgan fingerprint density at radius 2 is 1.96 bits per heavy atom. The van der Waals surface area contributed by atoms with Gasteiger partial charge in [-0.15, -0.1) is 0 Å². The zero-order valence-corrected chi connectivity index (χ0v) is 15.2. The van der Waals surface area contributed by atoms with E-state index in [2.05, 4.69) is 5.32 Å². The van der Waals surface area contributed by atoms with Crippen molar-refractivity contribution >= 4 is 17.5 Å². The second-order valence-corrected chi connectivity index (χ2v) is 6.39. The van der Waals surface area contributed by atoms with E-state index in [1.807, 2.05) is 0 Å². The second-order valence-electron chi connectivity index (χ2n) is 6.39. The number of ether oxygens (including phenoxy) is 1. The number of hydrogen-bond donors (Lipinski definition) is 1. The Bertz CT molecular complexity index is 897. The van der Waals surface area contributed by atoms with Crippen LogP contribution in [-0.4, -0.2) is 36.0 Å². The summed E-state index contributed by atoms with van der Waals surface area (Å²) < 4.78 is 43.4. The van der Waals surface area contributed by atoms with E-state index in [4.69, 9.17) is 4.74 Å². The first-order chi connectivity index (χ1) is 13.3. The Hall–Kier alpha value is -3.03. The van der Waals surface area contributed by atoms with Gasteiger partial charge >= 0.3 is 12.1 Å². The van der Waals surface area contributed by atoms with Crippen LogP contribution in [0.3, 0.4) is 0 Å². The van der Waals surface area contributed by atoms with E-state index in [-0.39, 0.29) is 19.0 Å². The number of halogens is 3. The third kappa shape index (κ3) is 4.44. The molecule has 5 nitrogen and oxygen atoms in total. The molecule has 2 aromatic carbocycles. The van der Waals surface area contributed by atoms with Crippen molar-refractivity contribution in [3.8, 4) is 5.75 Å². The van der Waals surface area contributed by atoms with Gasteiger partial charge in [-0.05, 0) is 48.4 Å². The number of alkyl halides is 3. The molecule has 3 rings (SSSR count). The summed E-state index contributed by atoms with van der Waals surface area (Å²) in [7, 11) is 0. The predicted octanol–water partition coefficient (Wildman–Crippen LogP) is 3.78. The lowest BCUT2D eigenvalue weighted by molar-refractivity contribution is -0.185. The summed E-state index contributed by atoms with van der Waals surface area (Å²) in [6, 6.07) is 11.6. The van der Waals surface area contributed by atoms with Gasteiger partial charge in [0.05, 0.1) is 6.61 Å². The third-order valence-corrected chi connectivity index (χ3v) is 4.42. The Morgan fingerprint density at radius 1 is 1.18 bits per heavy atom. The number of nitrogens with one attached hydrogen (secondary N) is 1. The number of benzene rings is 2. The van der Waals surface area contributed by atoms with Crippen molar-refractivity contribution in [3.63, 3.8) is 0 Å². The van der Waals surface area contributed by atoms with Crippen LogP contribution in [0.5, 0.6) is 5.75 Å². The number of rotatable bonds is 5. The number of anilines is 1. The number of amides is 2. The highest BCUT2D eigenvalue weighted by atomic mass is 19.4. The minimum Gasteiger partial charge on any atom is -0.493 e. The molecular formula is C20H19F3N2O3. The molecule has 1 N–H and O–H groups in total. The predicted molar refractivity (Wildman–Crippen MR) is 97.2 cm³/mol. The highest BCUT2D eigenvalue weighted by Crippen LogP contribution is 2.26. The normalized spacial score (nSPS) is 12.9. The van der Waals surface area contributed by atoms with Crippen LogP contribution in [0.25, 0.3) is 0 Å². The summed E-state index contributed by atoms with van der Waals surface area (Å²) in [5.74, 6) is -1.44. The fourth-order valence-electron chi connectivity index (χ4n) is 3.01. The zero-order valence-electron chi connectivity index (χ0n) is 15.2. The second kappa shape index (κ2) is 7.92. The van der Waals surface area contributed by atoms with Crippen molar-refractivity contribution < 1.29 is 27.5 Å². The molecule has 0 atom stereocenters. The Morgan fingerprint density at radius 3 is 2.68 bits per heavy atom. The molecule has 0 aromatic heterocycles. The lowest BCUT2D eigenvalue weighted by Crippen LogP contribution is -2.40. The summed E-state index contributed by atoms with van der Waals surface area (Å²) in [6.45, 7) is 1.79. The van der Waals surface area contributed by atoms with Crippen molar-refractivity contribution in [2.24, 2.45) is 0 Å². The molecule has 8 heteroatoms. The first-order valence-electron chi connectivity index (χ1n) is 8.80. The summed E-state index contributed by atoms with van der Waals surface area (Å²) in [5, 5.41) is 2.74. The van der Waals surface area contributed by atoms with Crippen molar-refractivity contribution in [2.45, 2.75) is 26.1 Å². The molecule has 0 radical (unpaired) electrons. The summed E-state index contributed by atoms with van der Waals surface area (Å²) in [6.07, 6.45) is -4.18. The van der Waals surface area contributed by atoms with Gasteiger partial charge in [0, 0.05) is 30.8 Å². The van der Waals surface area contributed by atoms with Crippen LogP contribution in [-0.2, 0) is 17.8 Å². The fraction of sp³-hybridized carbons (Fsp3) is 0.300. The van der Waals surface area contributed by atoms with Crippen molar-refractivity contribution in [1.82, 2.24) is 4.90 Å². The molecule has 1 heterocycles. The molecule has 0 unspecified atom stereocenters. The summed E-state index contributed by atoms with van der Waals surface area (Å²) >= 11 is 0. The van der Waals surface area contributed by atoms with Crippen LogP contribution in [0.4, 0.5) is 18.9 Å². The quantitative estimate of drug-likeness (QED) is 0.843. The van der Waals surface area contributed by atoms with E-state index in [9.17, 15) is 22.8 Å². The van der Waals surface area contributed by atoms with Crippen LogP contribution in [0.2, 0.25) is 0 Å². The molecule has 1 aliphatic rings. The van der Waals surface area contributed by atoms with Gasteiger partial charge in [-0.25, -0.2) is 0 Å². The molecule has 0 bridgehead atoms. The van der Waals surface area contributed by atoms with E-state index in [0.717, 1.165) is 17.7 Å². The van der Waals surface area contributed by atoms with Gasteiger partial charge in [-0.1, -0.05) is 12.1 Å². The Labute approximate surface area is 160 Å². The van der Waals surface area contributed by atoms with Gasteiger partial charge < -0.3 is 15.0 Å². The van der Waals surface area contributed by atoms with E-state index in [0.29, 0.717) is 28.3 Å².